The molecule has 1 aromatic carbocycles. The highest BCUT2D eigenvalue weighted by Crippen LogP contribution is 2.26. The number of benzene rings is 1. The van der Waals surface area contributed by atoms with Crippen LogP contribution in [0.5, 0.6) is 5.75 Å². The van der Waals surface area contributed by atoms with Crippen molar-refractivity contribution in [1.82, 2.24) is 9.29 Å². The normalized spacial score (nSPS) is 19.2. The maximum atomic E-state index is 13.0. The van der Waals surface area contributed by atoms with E-state index in [0.717, 1.165) is 29.7 Å². The molecule has 0 bridgehead atoms. The lowest BCUT2D eigenvalue weighted by atomic mass is 10.1. The zero-order valence-corrected chi connectivity index (χ0v) is 14.8. The molecule has 0 N–H and O–H groups in total. The van der Waals surface area contributed by atoms with Crippen molar-refractivity contribution in [3.05, 3.63) is 53.9 Å². The van der Waals surface area contributed by atoms with Gasteiger partial charge in [0.1, 0.15) is 11.9 Å². The first-order valence-electron chi connectivity index (χ1n) is 8.11. The molecule has 1 saturated heterocycles. The van der Waals surface area contributed by atoms with Crippen LogP contribution in [0, 0.1) is 13.8 Å². The van der Waals surface area contributed by atoms with Gasteiger partial charge in [0, 0.05) is 18.9 Å². The Morgan fingerprint density at radius 1 is 1.17 bits per heavy atom. The Balaban J connectivity index is 1.79. The van der Waals surface area contributed by atoms with Crippen molar-refractivity contribution in [3.8, 4) is 5.75 Å². The number of hydrogen-bond acceptors (Lipinski definition) is 4. The molecule has 1 unspecified atom stereocenters. The molecule has 0 radical (unpaired) electrons. The van der Waals surface area contributed by atoms with Gasteiger partial charge in [-0.2, -0.15) is 4.31 Å². The number of piperidine rings is 1. The van der Waals surface area contributed by atoms with Gasteiger partial charge < -0.3 is 4.74 Å². The summed E-state index contributed by atoms with van der Waals surface area (Å²) >= 11 is 0. The van der Waals surface area contributed by atoms with Gasteiger partial charge in [-0.3, -0.25) is 4.98 Å². The van der Waals surface area contributed by atoms with Gasteiger partial charge in [-0.1, -0.05) is 12.1 Å². The molecule has 128 valence electrons. The lowest BCUT2D eigenvalue weighted by Gasteiger charge is -2.32. The molecule has 2 heterocycles. The summed E-state index contributed by atoms with van der Waals surface area (Å²) in [6.45, 7) is 4.65. The molecule has 5 nitrogen and oxygen atoms in total. The molecule has 1 aliphatic rings. The van der Waals surface area contributed by atoms with E-state index in [1.807, 2.05) is 26.0 Å². The number of pyridine rings is 1. The molecule has 0 spiro atoms. The molecule has 2 aromatic rings. The summed E-state index contributed by atoms with van der Waals surface area (Å²) in [5.41, 5.74) is 1.72. The molecule has 1 fully saturated rings. The Morgan fingerprint density at radius 3 is 2.67 bits per heavy atom. The van der Waals surface area contributed by atoms with Crippen molar-refractivity contribution in [2.24, 2.45) is 0 Å². The molecular formula is C18H22N2O3S. The minimum Gasteiger partial charge on any atom is -0.489 e. The average molecular weight is 346 g/mol. The summed E-state index contributed by atoms with van der Waals surface area (Å²) in [7, 11) is -3.50. The lowest BCUT2D eigenvalue weighted by molar-refractivity contribution is 0.129. The van der Waals surface area contributed by atoms with Gasteiger partial charge in [-0.15, -0.1) is 0 Å². The van der Waals surface area contributed by atoms with Gasteiger partial charge in [0.15, 0.2) is 0 Å². The standard InChI is InChI=1S/C18H22N2O3S/c1-14-5-6-15(2)18(12-14)24(21,22)20-11-3-4-17(13-20)23-16-7-9-19-10-8-16/h5-10,12,17H,3-4,11,13H2,1-2H3. The molecular weight excluding hydrogens is 324 g/mol. The molecule has 1 atom stereocenters. The maximum absolute atomic E-state index is 13.0. The Morgan fingerprint density at radius 2 is 1.92 bits per heavy atom. The van der Waals surface area contributed by atoms with Crippen molar-refractivity contribution in [1.29, 1.82) is 0 Å². The van der Waals surface area contributed by atoms with Crippen LogP contribution in [0.25, 0.3) is 0 Å². The summed E-state index contributed by atoms with van der Waals surface area (Å²) in [5, 5.41) is 0. The molecule has 3 rings (SSSR count). The topological polar surface area (TPSA) is 59.5 Å². The molecule has 0 saturated carbocycles. The molecule has 1 aliphatic heterocycles. The van der Waals surface area contributed by atoms with E-state index in [1.54, 1.807) is 34.9 Å². The van der Waals surface area contributed by atoms with Crippen molar-refractivity contribution in [2.75, 3.05) is 13.1 Å². The van der Waals surface area contributed by atoms with E-state index in [4.69, 9.17) is 4.74 Å². The number of rotatable bonds is 4. The fraction of sp³-hybridized carbons (Fsp3) is 0.389. The number of ether oxygens (including phenoxy) is 1. The molecule has 0 amide bonds. The Labute approximate surface area is 143 Å². The van der Waals surface area contributed by atoms with Crippen LogP contribution in [0.15, 0.2) is 47.6 Å². The fourth-order valence-electron chi connectivity index (χ4n) is 2.95. The third-order valence-corrected chi connectivity index (χ3v) is 6.26. The third-order valence-electron chi connectivity index (χ3n) is 4.25. The Kier molecular flexibility index (Phi) is 4.87. The van der Waals surface area contributed by atoms with E-state index in [9.17, 15) is 8.42 Å². The fourth-order valence-corrected chi connectivity index (χ4v) is 4.77. The second kappa shape index (κ2) is 6.91. The van der Waals surface area contributed by atoms with Gasteiger partial charge in [0.2, 0.25) is 10.0 Å². The van der Waals surface area contributed by atoms with E-state index in [1.165, 1.54) is 0 Å². The molecule has 0 aliphatic carbocycles. The summed E-state index contributed by atoms with van der Waals surface area (Å²) < 4.78 is 33.5. The lowest BCUT2D eigenvalue weighted by Crippen LogP contribution is -2.44. The van der Waals surface area contributed by atoms with E-state index in [-0.39, 0.29) is 6.10 Å². The highest BCUT2D eigenvalue weighted by molar-refractivity contribution is 7.89. The van der Waals surface area contributed by atoms with Crippen LogP contribution in [0.2, 0.25) is 0 Å². The van der Waals surface area contributed by atoms with Crippen LogP contribution < -0.4 is 4.74 Å². The van der Waals surface area contributed by atoms with Crippen LogP contribution in [0.3, 0.4) is 0 Å². The summed E-state index contributed by atoms with van der Waals surface area (Å²) in [6, 6.07) is 9.12. The van der Waals surface area contributed by atoms with Gasteiger partial charge in [0.05, 0.1) is 11.4 Å². The van der Waals surface area contributed by atoms with Gasteiger partial charge in [-0.25, -0.2) is 8.42 Å². The number of aromatic nitrogens is 1. The van der Waals surface area contributed by atoms with Crippen molar-refractivity contribution in [3.63, 3.8) is 0 Å². The second-order valence-corrected chi connectivity index (χ2v) is 8.10. The number of aryl methyl sites for hydroxylation is 2. The Bertz CT molecular complexity index is 806. The highest BCUT2D eigenvalue weighted by atomic mass is 32.2. The van der Waals surface area contributed by atoms with Crippen LogP contribution in [0.1, 0.15) is 24.0 Å². The van der Waals surface area contributed by atoms with E-state index >= 15 is 0 Å². The van der Waals surface area contributed by atoms with E-state index < -0.39 is 10.0 Å². The summed E-state index contributed by atoms with van der Waals surface area (Å²) in [4.78, 5) is 4.36. The number of sulfonamides is 1. The van der Waals surface area contributed by atoms with Crippen molar-refractivity contribution in [2.45, 2.75) is 37.7 Å². The first-order valence-corrected chi connectivity index (χ1v) is 9.55. The second-order valence-electron chi connectivity index (χ2n) is 6.20. The van der Waals surface area contributed by atoms with Gasteiger partial charge in [-0.05, 0) is 56.0 Å². The summed E-state index contributed by atoms with van der Waals surface area (Å²) in [6.07, 6.45) is 4.84. The molecule has 24 heavy (non-hydrogen) atoms. The zero-order chi connectivity index (χ0) is 17.2. The number of hydrogen-bond donors (Lipinski definition) is 0. The van der Waals surface area contributed by atoms with Crippen LogP contribution in [-0.4, -0.2) is 36.9 Å². The first-order chi connectivity index (χ1) is 11.5. The highest BCUT2D eigenvalue weighted by Gasteiger charge is 2.32. The zero-order valence-electron chi connectivity index (χ0n) is 14.0. The monoisotopic (exact) mass is 346 g/mol. The average Bonchev–Trinajstić information content (AvgIpc) is 2.58. The smallest absolute Gasteiger partial charge is 0.243 e. The third kappa shape index (κ3) is 3.60. The van der Waals surface area contributed by atoms with E-state index in [0.29, 0.717) is 18.0 Å². The SMILES string of the molecule is Cc1ccc(C)c(S(=O)(=O)N2CCCC(Oc3ccncc3)C2)c1. The number of nitrogens with zero attached hydrogens (tertiary/aromatic N) is 2. The minimum atomic E-state index is -3.50. The summed E-state index contributed by atoms with van der Waals surface area (Å²) in [5.74, 6) is 0.723. The van der Waals surface area contributed by atoms with Crippen molar-refractivity contribution < 1.29 is 13.2 Å². The quantitative estimate of drug-likeness (QED) is 0.854. The Hall–Kier alpha value is -1.92. The van der Waals surface area contributed by atoms with E-state index in [2.05, 4.69) is 4.98 Å². The van der Waals surface area contributed by atoms with Crippen LogP contribution >= 0.6 is 0 Å². The molecule has 6 heteroatoms. The predicted molar refractivity (Wildman–Crippen MR) is 92.6 cm³/mol. The van der Waals surface area contributed by atoms with Crippen LogP contribution in [-0.2, 0) is 10.0 Å². The molecule has 1 aromatic heterocycles. The largest absolute Gasteiger partial charge is 0.489 e. The van der Waals surface area contributed by atoms with Crippen molar-refractivity contribution >= 4 is 10.0 Å². The maximum Gasteiger partial charge on any atom is 0.243 e. The first kappa shape index (κ1) is 16.9. The van der Waals surface area contributed by atoms with Crippen LogP contribution in [0.4, 0.5) is 0 Å². The van der Waals surface area contributed by atoms with Gasteiger partial charge >= 0.3 is 0 Å². The minimum absolute atomic E-state index is 0.138. The predicted octanol–water partition coefficient (Wildman–Crippen LogP) is 2.93. The van der Waals surface area contributed by atoms with Gasteiger partial charge in [0.25, 0.3) is 0 Å².